The van der Waals surface area contributed by atoms with Crippen molar-refractivity contribution >= 4 is 23.4 Å². The molecule has 2 heterocycles. The average Bonchev–Trinajstić information content (AvgIpc) is 3.15. The number of aryl methyl sites for hydroxylation is 2. The smallest absolute Gasteiger partial charge is 0.237 e. The SMILES string of the molecule is Cc1ccc(Cn2cc(CO)nc2SCC(=O)N2CCCc3ccccc32)cc1. The van der Waals surface area contributed by atoms with Crippen LogP contribution in [0.4, 0.5) is 5.69 Å². The standard InChI is InChI=1S/C23H25N3O2S/c1-17-8-10-18(11-9-17)13-25-14-20(15-27)24-23(25)29-16-22(28)26-12-4-6-19-5-2-3-7-21(19)26/h2-3,5,7-11,14,27H,4,6,12-13,15-16H2,1H3. The molecule has 1 aliphatic heterocycles. The van der Waals surface area contributed by atoms with Gasteiger partial charge in [0.1, 0.15) is 0 Å². The van der Waals surface area contributed by atoms with Crippen LogP contribution in [0.1, 0.15) is 28.8 Å². The van der Waals surface area contributed by atoms with Crippen molar-refractivity contribution in [2.75, 3.05) is 17.2 Å². The number of carbonyl (C=O) groups excluding carboxylic acids is 1. The van der Waals surface area contributed by atoms with Crippen LogP contribution in [0, 0.1) is 6.92 Å². The van der Waals surface area contributed by atoms with Gasteiger partial charge >= 0.3 is 0 Å². The second-order valence-electron chi connectivity index (χ2n) is 7.35. The molecule has 0 aliphatic carbocycles. The van der Waals surface area contributed by atoms with Gasteiger partial charge in [0, 0.05) is 25.0 Å². The quantitative estimate of drug-likeness (QED) is 0.632. The number of rotatable bonds is 6. The van der Waals surface area contributed by atoms with E-state index in [4.69, 9.17) is 0 Å². The molecule has 0 bridgehead atoms. The number of para-hydroxylation sites is 1. The van der Waals surface area contributed by atoms with Crippen LogP contribution in [0.25, 0.3) is 0 Å². The number of carbonyl (C=O) groups is 1. The molecule has 2 aromatic carbocycles. The second-order valence-corrected chi connectivity index (χ2v) is 8.30. The van der Waals surface area contributed by atoms with Gasteiger partial charge in [-0.1, -0.05) is 59.8 Å². The molecule has 4 rings (SSSR count). The Morgan fingerprint density at radius 1 is 1.17 bits per heavy atom. The van der Waals surface area contributed by atoms with E-state index in [1.807, 2.05) is 33.9 Å². The predicted molar refractivity (Wildman–Crippen MR) is 116 cm³/mol. The van der Waals surface area contributed by atoms with E-state index >= 15 is 0 Å². The minimum atomic E-state index is -0.109. The van der Waals surface area contributed by atoms with Gasteiger partial charge in [0.25, 0.3) is 0 Å². The Bertz CT molecular complexity index is 998. The van der Waals surface area contributed by atoms with Crippen molar-refractivity contribution in [2.24, 2.45) is 0 Å². The Kier molecular flexibility index (Phi) is 6.02. The molecule has 29 heavy (non-hydrogen) atoms. The minimum Gasteiger partial charge on any atom is -0.390 e. The van der Waals surface area contributed by atoms with E-state index in [9.17, 15) is 9.90 Å². The number of benzene rings is 2. The Hall–Kier alpha value is -2.57. The summed E-state index contributed by atoms with van der Waals surface area (Å²) in [5.74, 6) is 0.419. The minimum absolute atomic E-state index is 0.0950. The van der Waals surface area contributed by atoms with Crippen LogP contribution in [0.5, 0.6) is 0 Å². The molecule has 150 valence electrons. The van der Waals surface area contributed by atoms with Crippen molar-refractivity contribution in [3.8, 4) is 0 Å². The lowest BCUT2D eigenvalue weighted by Gasteiger charge is -2.29. The van der Waals surface area contributed by atoms with Crippen LogP contribution in [0.3, 0.4) is 0 Å². The third-order valence-electron chi connectivity index (χ3n) is 5.16. The number of aromatic nitrogens is 2. The van der Waals surface area contributed by atoms with Crippen LogP contribution in [-0.4, -0.2) is 32.9 Å². The maximum Gasteiger partial charge on any atom is 0.237 e. The summed E-state index contributed by atoms with van der Waals surface area (Å²) in [6.45, 7) is 3.38. The number of aliphatic hydroxyl groups is 1. The van der Waals surface area contributed by atoms with Crippen molar-refractivity contribution in [1.29, 1.82) is 0 Å². The molecule has 0 spiro atoms. The molecule has 1 aromatic heterocycles. The number of nitrogens with zero attached hydrogens (tertiary/aromatic N) is 3. The van der Waals surface area contributed by atoms with Gasteiger partial charge in [0.2, 0.25) is 5.91 Å². The highest BCUT2D eigenvalue weighted by molar-refractivity contribution is 7.99. The van der Waals surface area contributed by atoms with Crippen LogP contribution in [0.2, 0.25) is 0 Å². The fourth-order valence-corrected chi connectivity index (χ4v) is 4.52. The van der Waals surface area contributed by atoms with E-state index in [-0.39, 0.29) is 12.5 Å². The number of aliphatic hydroxyl groups excluding tert-OH is 1. The summed E-state index contributed by atoms with van der Waals surface area (Å²) in [7, 11) is 0. The Labute approximate surface area is 175 Å². The number of amides is 1. The van der Waals surface area contributed by atoms with E-state index in [1.54, 1.807) is 0 Å². The first-order valence-electron chi connectivity index (χ1n) is 9.87. The first kappa shape index (κ1) is 19.7. The first-order valence-corrected chi connectivity index (χ1v) is 10.9. The van der Waals surface area contributed by atoms with Gasteiger partial charge in [-0.25, -0.2) is 4.98 Å². The summed E-state index contributed by atoms with van der Waals surface area (Å²) in [5, 5.41) is 10.3. The molecule has 0 radical (unpaired) electrons. The molecule has 5 nitrogen and oxygen atoms in total. The van der Waals surface area contributed by atoms with Crippen molar-refractivity contribution < 1.29 is 9.90 Å². The Morgan fingerprint density at radius 3 is 2.76 bits per heavy atom. The average molecular weight is 408 g/mol. The van der Waals surface area contributed by atoms with Gasteiger partial charge in [-0.05, 0) is 37.0 Å². The van der Waals surface area contributed by atoms with Crippen LogP contribution < -0.4 is 4.90 Å². The lowest BCUT2D eigenvalue weighted by molar-refractivity contribution is -0.116. The molecule has 0 saturated carbocycles. The van der Waals surface area contributed by atoms with Crippen molar-refractivity contribution in [3.05, 3.63) is 77.1 Å². The van der Waals surface area contributed by atoms with Gasteiger partial charge in [0.05, 0.1) is 18.1 Å². The van der Waals surface area contributed by atoms with E-state index in [0.29, 0.717) is 18.0 Å². The Morgan fingerprint density at radius 2 is 1.97 bits per heavy atom. The van der Waals surface area contributed by atoms with E-state index < -0.39 is 0 Å². The summed E-state index contributed by atoms with van der Waals surface area (Å²) in [6, 6.07) is 16.5. The monoisotopic (exact) mass is 407 g/mol. The summed E-state index contributed by atoms with van der Waals surface area (Å²) >= 11 is 1.43. The molecular formula is C23H25N3O2S. The fraction of sp³-hybridized carbons (Fsp3) is 0.304. The first-order chi connectivity index (χ1) is 14.1. The lowest BCUT2D eigenvalue weighted by atomic mass is 10.0. The van der Waals surface area contributed by atoms with Crippen molar-refractivity contribution in [3.63, 3.8) is 0 Å². The van der Waals surface area contributed by atoms with E-state index in [2.05, 4.69) is 42.2 Å². The van der Waals surface area contributed by atoms with E-state index in [1.165, 1.54) is 22.9 Å². The molecule has 3 aromatic rings. The second kappa shape index (κ2) is 8.84. The summed E-state index contributed by atoms with van der Waals surface area (Å²) < 4.78 is 2.01. The lowest BCUT2D eigenvalue weighted by Crippen LogP contribution is -2.36. The van der Waals surface area contributed by atoms with Gasteiger partial charge in [0.15, 0.2) is 5.16 Å². The molecule has 1 aliphatic rings. The number of anilines is 1. The zero-order valence-electron chi connectivity index (χ0n) is 16.5. The summed E-state index contributed by atoms with van der Waals surface area (Å²) in [6.07, 6.45) is 3.88. The topological polar surface area (TPSA) is 58.4 Å². The molecule has 0 fully saturated rings. The maximum absolute atomic E-state index is 12.9. The normalized spacial score (nSPS) is 13.4. The van der Waals surface area contributed by atoms with Crippen molar-refractivity contribution in [2.45, 2.75) is 38.1 Å². The summed E-state index contributed by atoms with van der Waals surface area (Å²) in [4.78, 5) is 19.3. The van der Waals surface area contributed by atoms with Gasteiger partial charge in [-0.3, -0.25) is 4.79 Å². The third kappa shape index (κ3) is 4.54. The number of hydrogen-bond acceptors (Lipinski definition) is 4. The Balaban J connectivity index is 1.47. The largest absolute Gasteiger partial charge is 0.390 e. The molecule has 1 amide bonds. The zero-order valence-corrected chi connectivity index (χ0v) is 17.4. The fourth-order valence-electron chi connectivity index (χ4n) is 3.64. The highest BCUT2D eigenvalue weighted by atomic mass is 32.2. The third-order valence-corrected chi connectivity index (χ3v) is 6.14. The number of hydrogen-bond donors (Lipinski definition) is 1. The van der Waals surface area contributed by atoms with Crippen LogP contribution >= 0.6 is 11.8 Å². The highest BCUT2D eigenvalue weighted by Crippen LogP contribution is 2.28. The maximum atomic E-state index is 12.9. The summed E-state index contributed by atoms with van der Waals surface area (Å²) in [5.41, 5.74) is 5.27. The molecule has 0 unspecified atom stereocenters. The van der Waals surface area contributed by atoms with E-state index in [0.717, 1.165) is 35.8 Å². The molecule has 0 saturated heterocycles. The predicted octanol–water partition coefficient (Wildman–Crippen LogP) is 3.80. The van der Waals surface area contributed by atoms with Gasteiger partial charge in [-0.2, -0.15) is 0 Å². The molecule has 1 N–H and O–H groups in total. The zero-order chi connectivity index (χ0) is 20.2. The van der Waals surface area contributed by atoms with Gasteiger partial charge in [-0.15, -0.1) is 0 Å². The van der Waals surface area contributed by atoms with Crippen LogP contribution in [-0.2, 0) is 24.4 Å². The molecule has 6 heteroatoms. The number of thioether (sulfide) groups is 1. The van der Waals surface area contributed by atoms with Gasteiger partial charge < -0.3 is 14.6 Å². The van der Waals surface area contributed by atoms with Crippen LogP contribution in [0.15, 0.2) is 59.9 Å². The van der Waals surface area contributed by atoms with Crippen molar-refractivity contribution in [1.82, 2.24) is 9.55 Å². The molecular weight excluding hydrogens is 382 g/mol. The number of imidazole rings is 1. The number of fused-ring (bicyclic) bond motifs is 1. The molecule has 0 atom stereocenters. The highest BCUT2D eigenvalue weighted by Gasteiger charge is 2.22.